The van der Waals surface area contributed by atoms with Crippen molar-refractivity contribution in [1.29, 1.82) is 0 Å². The number of nitrogens with zero attached hydrogens (tertiary/aromatic N) is 1. The van der Waals surface area contributed by atoms with E-state index >= 15 is 0 Å². The standard InChI is InChI=1S/C17H27NO2/c1-5-14-6-8-15(9-7-14)12-16(13(2)3)18(4)11-10-17(19)20/h6-9,13,16H,5,10-12H2,1-4H3,(H,19,20). The molecule has 0 spiro atoms. The lowest BCUT2D eigenvalue weighted by atomic mass is 9.94. The van der Waals surface area contributed by atoms with Gasteiger partial charge in [-0.05, 0) is 36.9 Å². The number of carboxylic acid groups (broad SMARTS) is 1. The zero-order chi connectivity index (χ0) is 15.1. The van der Waals surface area contributed by atoms with Crippen LogP contribution in [0.4, 0.5) is 0 Å². The molecule has 1 rings (SSSR count). The SMILES string of the molecule is CCc1ccc(CC(C(C)C)N(C)CCC(=O)O)cc1. The average molecular weight is 277 g/mol. The van der Waals surface area contributed by atoms with E-state index < -0.39 is 5.97 Å². The Labute approximate surface area is 122 Å². The number of benzene rings is 1. The van der Waals surface area contributed by atoms with Crippen LogP contribution in [0.2, 0.25) is 0 Å². The first-order valence-electron chi connectivity index (χ1n) is 7.43. The Morgan fingerprint density at radius 3 is 2.20 bits per heavy atom. The first kappa shape index (κ1) is 16.7. The molecule has 1 atom stereocenters. The van der Waals surface area contributed by atoms with Gasteiger partial charge in [0.25, 0.3) is 0 Å². The molecular weight excluding hydrogens is 250 g/mol. The number of carbonyl (C=O) groups is 1. The minimum atomic E-state index is -0.730. The topological polar surface area (TPSA) is 40.5 Å². The smallest absolute Gasteiger partial charge is 0.304 e. The molecule has 1 unspecified atom stereocenters. The van der Waals surface area contributed by atoms with Crippen LogP contribution in [0.1, 0.15) is 38.3 Å². The highest BCUT2D eigenvalue weighted by molar-refractivity contribution is 5.66. The van der Waals surface area contributed by atoms with E-state index in [0.717, 1.165) is 12.8 Å². The first-order valence-corrected chi connectivity index (χ1v) is 7.43. The third-order valence-corrected chi connectivity index (χ3v) is 3.89. The van der Waals surface area contributed by atoms with Crippen LogP contribution < -0.4 is 0 Å². The molecule has 1 N–H and O–H groups in total. The van der Waals surface area contributed by atoms with E-state index in [1.54, 1.807) is 0 Å². The molecule has 0 aliphatic carbocycles. The van der Waals surface area contributed by atoms with E-state index in [-0.39, 0.29) is 6.42 Å². The van der Waals surface area contributed by atoms with E-state index in [1.165, 1.54) is 11.1 Å². The molecule has 0 aliphatic rings. The monoisotopic (exact) mass is 277 g/mol. The summed E-state index contributed by atoms with van der Waals surface area (Å²) in [4.78, 5) is 12.9. The van der Waals surface area contributed by atoms with E-state index in [9.17, 15) is 4.79 Å². The lowest BCUT2D eigenvalue weighted by Crippen LogP contribution is -2.39. The predicted molar refractivity (Wildman–Crippen MR) is 83.0 cm³/mol. The van der Waals surface area contributed by atoms with Gasteiger partial charge < -0.3 is 10.0 Å². The Morgan fingerprint density at radius 1 is 1.20 bits per heavy atom. The third kappa shape index (κ3) is 5.33. The highest BCUT2D eigenvalue weighted by atomic mass is 16.4. The zero-order valence-electron chi connectivity index (χ0n) is 13.1. The van der Waals surface area contributed by atoms with Gasteiger partial charge in [-0.3, -0.25) is 4.79 Å². The molecule has 0 heterocycles. The number of rotatable bonds is 8. The number of hydrogen-bond donors (Lipinski definition) is 1. The van der Waals surface area contributed by atoms with Crippen molar-refractivity contribution in [3.63, 3.8) is 0 Å². The van der Waals surface area contributed by atoms with Crippen LogP contribution in [-0.4, -0.2) is 35.6 Å². The summed E-state index contributed by atoms with van der Waals surface area (Å²) in [6, 6.07) is 9.13. The van der Waals surface area contributed by atoms with Gasteiger partial charge in [-0.15, -0.1) is 0 Å². The highest BCUT2D eigenvalue weighted by Gasteiger charge is 2.19. The lowest BCUT2D eigenvalue weighted by Gasteiger charge is -2.31. The molecule has 0 radical (unpaired) electrons. The molecule has 3 heteroatoms. The Morgan fingerprint density at radius 2 is 1.75 bits per heavy atom. The van der Waals surface area contributed by atoms with Crippen molar-refractivity contribution in [2.75, 3.05) is 13.6 Å². The molecule has 0 aromatic heterocycles. The summed E-state index contributed by atoms with van der Waals surface area (Å²) in [7, 11) is 2.02. The summed E-state index contributed by atoms with van der Waals surface area (Å²) >= 11 is 0. The second-order valence-corrected chi connectivity index (χ2v) is 5.81. The Balaban J connectivity index is 2.67. The second-order valence-electron chi connectivity index (χ2n) is 5.81. The first-order chi connectivity index (χ1) is 9.43. The van der Waals surface area contributed by atoms with Crippen molar-refractivity contribution in [3.8, 4) is 0 Å². The average Bonchev–Trinajstić information content (AvgIpc) is 2.42. The van der Waals surface area contributed by atoms with E-state index in [4.69, 9.17) is 5.11 Å². The van der Waals surface area contributed by atoms with Crippen molar-refractivity contribution in [2.45, 2.75) is 46.1 Å². The van der Waals surface area contributed by atoms with Crippen molar-refractivity contribution in [1.82, 2.24) is 4.90 Å². The minimum Gasteiger partial charge on any atom is -0.481 e. The van der Waals surface area contributed by atoms with Gasteiger partial charge in [0, 0.05) is 12.6 Å². The van der Waals surface area contributed by atoms with Crippen LogP contribution in [0.25, 0.3) is 0 Å². The van der Waals surface area contributed by atoms with E-state index in [1.807, 2.05) is 7.05 Å². The van der Waals surface area contributed by atoms with E-state index in [2.05, 4.69) is 49.9 Å². The third-order valence-electron chi connectivity index (χ3n) is 3.89. The molecule has 112 valence electrons. The molecule has 3 nitrogen and oxygen atoms in total. The summed E-state index contributed by atoms with van der Waals surface area (Å²) in [5.41, 5.74) is 2.68. The summed E-state index contributed by atoms with van der Waals surface area (Å²) in [6.45, 7) is 7.15. The quantitative estimate of drug-likeness (QED) is 0.793. The number of aliphatic carboxylic acids is 1. The minimum absolute atomic E-state index is 0.203. The summed E-state index contributed by atoms with van der Waals surface area (Å²) in [5, 5.41) is 8.80. The molecule has 0 aliphatic heterocycles. The van der Waals surface area contributed by atoms with Gasteiger partial charge in [-0.25, -0.2) is 0 Å². The van der Waals surface area contributed by atoms with Gasteiger partial charge in [0.05, 0.1) is 6.42 Å². The highest BCUT2D eigenvalue weighted by Crippen LogP contribution is 2.16. The maximum Gasteiger partial charge on any atom is 0.304 e. The van der Waals surface area contributed by atoms with Crippen LogP contribution in [-0.2, 0) is 17.6 Å². The van der Waals surface area contributed by atoms with Gasteiger partial charge in [0.1, 0.15) is 0 Å². The number of aryl methyl sites for hydroxylation is 1. The van der Waals surface area contributed by atoms with Crippen molar-refractivity contribution in [3.05, 3.63) is 35.4 Å². The fourth-order valence-electron chi connectivity index (χ4n) is 2.49. The van der Waals surface area contributed by atoms with Crippen LogP contribution in [0, 0.1) is 5.92 Å². The zero-order valence-corrected chi connectivity index (χ0v) is 13.1. The summed E-state index contributed by atoms with van der Waals surface area (Å²) < 4.78 is 0. The van der Waals surface area contributed by atoms with Crippen LogP contribution >= 0.6 is 0 Å². The van der Waals surface area contributed by atoms with Gasteiger partial charge in [0.15, 0.2) is 0 Å². The van der Waals surface area contributed by atoms with Crippen LogP contribution in [0.15, 0.2) is 24.3 Å². The number of likely N-dealkylation sites (N-methyl/N-ethyl adjacent to an activating group) is 1. The maximum atomic E-state index is 10.7. The van der Waals surface area contributed by atoms with Gasteiger partial charge >= 0.3 is 5.97 Å². The molecular formula is C17H27NO2. The molecule has 20 heavy (non-hydrogen) atoms. The van der Waals surface area contributed by atoms with Crippen molar-refractivity contribution >= 4 is 5.97 Å². The fourth-order valence-corrected chi connectivity index (χ4v) is 2.49. The molecule has 1 aromatic carbocycles. The Hall–Kier alpha value is -1.35. The van der Waals surface area contributed by atoms with Crippen LogP contribution in [0.5, 0.6) is 0 Å². The Bertz CT molecular complexity index is 412. The Kier molecular flexibility index (Phi) is 6.73. The summed E-state index contributed by atoms with van der Waals surface area (Å²) in [5.74, 6) is -0.230. The van der Waals surface area contributed by atoms with Gasteiger partial charge in [-0.2, -0.15) is 0 Å². The maximum absolute atomic E-state index is 10.7. The molecule has 0 saturated carbocycles. The molecule has 0 fully saturated rings. The predicted octanol–water partition coefficient (Wildman–Crippen LogP) is 3.22. The largest absolute Gasteiger partial charge is 0.481 e. The van der Waals surface area contributed by atoms with Crippen LogP contribution in [0.3, 0.4) is 0 Å². The lowest BCUT2D eigenvalue weighted by molar-refractivity contribution is -0.137. The van der Waals surface area contributed by atoms with Gasteiger partial charge in [0.2, 0.25) is 0 Å². The molecule has 1 aromatic rings. The molecule has 0 bridgehead atoms. The fraction of sp³-hybridized carbons (Fsp3) is 0.588. The molecule has 0 amide bonds. The number of carboxylic acids is 1. The van der Waals surface area contributed by atoms with E-state index in [0.29, 0.717) is 18.5 Å². The summed E-state index contributed by atoms with van der Waals surface area (Å²) in [6.07, 6.45) is 2.23. The molecule has 0 saturated heterocycles. The van der Waals surface area contributed by atoms with Gasteiger partial charge in [-0.1, -0.05) is 45.0 Å². The van der Waals surface area contributed by atoms with Crippen molar-refractivity contribution < 1.29 is 9.90 Å². The second kappa shape index (κ2) is 8.05. The normalized spacial score (nSPS) is 12.9. The van der Waals surface area contributed by atoms with Crippen molar-refractivity contribution in [2.24, 2.45) is 5.92 Å². The number of hydrogen-bond acceptors (Lipinski definition) is 2.